The quantitative estimate of drug-likeness (QED) is 0.764. The first-order chi connectivity index (χ1) is 6.76. The number of rotatable bonds is 3. The molecule has 1 heterocycles. The van der Waals surface area contributed by atoms with E-state index in [4.69, 9.17) is 5.73 Å². The summed E-state index contributed by atoms with van der Waals surface area (Å²) in [6.45, 7) is 2.78. The molecule has 3 nitrogen and oxygen atoms in total. The Morgan fingerprint density at radius 3 is 2.86 bits per heavy atom. The second-order valence-corrected chi connectivity index (χ2v) is 4.15. The van der Waals surface area contributed by atoms with Gasteiger partial charge in [0.2, 0.25) is 0 Å². The predicted molar refractivity (Wildman–Crippen MR) is 58.2 cm³/mol. The molecule has 3 N–H and O–H groups in total. The van der Waals surface area contributed by atoms with Crippen molar-refractivity contribution in [3.8, 4) is 0 Å². The third-order valence-corrected chi connectivity index (χ3v) is 3.12. The predicted octanol–water partition coefficient (Wildman–Crippen LogP) is 1.68. The van der Waals surface area contributed by atoms with E-state index >= 15 is 0 Å². The van der Waals surface area contributed by atoms with E-state index in [-0.39, 0.29) is 5.54 Å². The Hall–Kier alpha value is -1.09. The number of hydrogen-bond acceptors (Lipinski definition) is 3. The monoisotopic (exact) mass is 191 g/mol. The molecule has 1 aliphatic rings. The van der Waals surface area contributed by atoms with E-state index in [1.54, 1.807) is 0 Å². The fourth-order valence-electron chi connectivity index (χ4n) is 1.88. The lowest BCUT2D eigenvalue weighted by atomic mass is 9.76. The van der Waals surface area contributed by atoms with Crippen LogP contribution < -0.4 is 11.1 Å². The van der Waals surface area contributed by atoms with E-state index in [0.29, 0.717) is 0 Å². The summed E-state index contributed by atoms with van der Waals surface area (Å²) in [6, 6.07) is 2.02. The highest BCUT2D eigenvalue weighted by molar-refractivity contribution is 5.51. The van der Waals surface area contributed by atoms with Crippen molar-refractivity contribution in [3.63, 3.8) is 0 Å². The summed E-state index contributed by atoms with van der Waals surface area (Å²) in [5.74, 6) is 0. The van der Waals surface area contributed by atoms with Crippen molar-refractivity contribution in [1.82, 2.24) is 4.98 Å². The molecule has 0 atom stereocenters. The number of aryl methyl sites for hydroxylation is 1. The van der Waals surface area contributed by atoms with Crippen LogP contribution in [0.1, 0.15) is 24.8 Å². The molecule has 1 aliphatic carbocycles. The van der Waals surface area contributed by atoms with Gasteiger partial charge < -0.3 is 11.1 Å². The Morgan fingerprint density at radius 1 is 1.57 bits per heavy atom. The van der Waals surface area contributed by atoms with Crippen LogP contribution in [0.2, 0.25) is 0 Å². The minimum atomic E-state index is 0.159. The SMILES string of the molecule is Cc1cnccc1NC1(CN)CCC1. The zero-order valence-corrected chi connectivity index (χ0v) is 8.59. The molecular formula is C11H17N3. The van der Waals surface area contributed by atoms with Crippen molar-refractivity contribution in [1.29, 1.82) is 0 Å². The van der Waals surface area contributed by atoms with Crippen LogP contribution in [-0.2, 0) is 0 Å². The van der Waals surface area contributed by atoms with Gasteiger partial charge in [-0.15, -0.1) is 0 Å². The summed E-state index contributed by atoms with van der Waals surface area (Å²) in [6.07, 6.45) is 7.36. The molecule has 1 aromatic rings. The van der Waals surface area contributed by atoms with Gasteiger partial charge in [0, 0.05) is 30.2 Å². The van der Waals surface area contributed by atoms with Gasteiger partial charge >= 0.3 is 0 Å². The lowest BCUT2D eigenvalue weighted by molar-refractivity contribution is 0.287. The van der Waals surface area contributed by atoms with E-state index < -0.39 is 0 Å². The van der Waals surface area contributed by atoms with Crippen molar-refractivity contribution in [2.75, 3.05) is 11.9 Å². The van der Waals surface area contributed by atoms with Crippen molar-refractivity contribution >= 4 is 5.69 Å². The Bertz CT molecular complexity index is 313. The zero-order chi connectivity index (χ0) is 10.0. The molecule has 1 fully saturated rings. The maximum Gasteiger partial charge on any atom is 0.0495 e. The van der Waals surface area contributed by atoms with E-state index in [2.05, 4.69) is 17.2 Å². The van der Waals surface area contributed by atoms with E-state index in [1.165, 1.54) is 30.5 Å². The first kappa shape index (κ1) is 9.46. The van der Waals surface area contributed by atoms with Gasteiger partial charge in [0.25, 0.3) is 0 Å². The number of nitrogens with zero attached hydrogens (tertiary/aromatic N) is 1. The van der Waals surface area contributed by atoms with Gasteiger partial charge in [0.1, 0.15) is 0 Å². The highest BCUT2D eigenvalue weighted by Crippen LogP contribution is 2.34. The smallest absolute Gasteiger partial charge is 0.0495 e. The number of nitrogens with two attached hydrogens (primary N) is 1. The molecule has 0 bridgehead atoms. The Morgan fingerprint density at radius 2 is 2.36 bits per heavy atom. The maximum atomic E-state index is 5.79. The minimum absolute atomic E-state index is 0.159. The molecule has 0 spiro atoms. The fraction of sp³-hybridized carbons (Fsp3) is 0.545. The van der Waals surface area contributed by atoms with Crippen molar-refractivity contribution in [3.05, 3.63) is 24.0 Å². The van der Waals surface area contributed by atoms with Crippen LogP contribution in [0.5, 0.6) is 0 Å². The molecule has 1 saturated carbocycles. The molecule has 0 unspecified atom stereocenters. The van der Waals surface area contributed by atoms with Gasteiger partial charge in [-0.1, -0.05) is 0 Å². The molecule has 0 amide bonds. The molecule has 76 valence electrons. The average Bonchev–Trinajstić information content (AvgIpc) is 2.14. The zero-order valence-electron chi connectivity index (χ0n) is 8.59. The van der Waals surface area contributed by atoms with Gasteiger partial charge in [0.15, 0.2) is 0 Å². The second kappa shape index (κ2) is 3.58. The average molecular weight is 191 g/mol. The van der Waals surface area contributed by atoms with Crippen LogP contribution in [0.15, 0.2) is 18.5 Å². The lowest BCUT2D eigenvalue weighted by Crippen LogP contribution is -2.51. The number of anilines is 1. The first-order valence-electron chi connectivity index (χ1n) is 5.15. The third kappa shape index (κ3) is 1.60. The Balaban J connectivity index is 2.13. The first-order valence-corrected chi connectivity index (χ1v) is 5.15. The molecular weight excluding hydrogens is 174 g/mol. The van der Waals surface area contributed by atoms with E-state index in [0.717, 1.165) is 6.54 Å². The number of pyridine rings is 1. The fourth-order valence-corrected chi connectivity index (χ4v) is 1.88. The number of aromatic nitrogens is 1. The van der Waals surface area contributed by atoms with Crippen LogP contribution in [0.25, 0.3) is 0 Å². The normalized spacial score (nSPS) is 18.7. The van der Waals surface area contributed by atoms with Gasteiger partial charge in [0.05, 0.1) is 0 Å². The summed E-state index contributed by atoms with van der Waals surface area (Å²) < 4.78 is 0. The van der Waals surface area contributed by atoms with Gasteiger partial charge in [-0.3, -0.25) is 4.98 Å². The topological polar surface area (TPSA) is 50.9 Å². The summed E-state index contributed by atoms with van der Waals surface area (Å²) in [7, 11) is 0. The van der Waals surface area contributed by atoms with Crippen LogP contribution in [0, 0.1) is 6.92 Å². The molecule has 0 aromatic carbocycles. The van der Waals surface area contributed by atoms with Crippen molar-refractivity contribution < 1.29 is 0 Å². The molecule has 1 aromatic heterocycles. The number of hydrogen-bond donors (Lipinski definition) is 2. The molecule has 3 heteroatoms. The van der Waals surface area contributed by atoms with E-state index in [1.807, 2.05) is 18.5 Å². The third-order valence-electron chi connectivity index (χ3n) is 3.12. The highest BCUT2D eigenvalue weighted by atomic mass is 15.0. The molecule has 2 rings (SSSR count). The molecule has 0 radical (unpaired) electrons. The summed E-state index contributed by atoms with van der Waals surface area (Å²) in [4.78, 5) is 4.07. The van der Waals surface area contributed by atoms with Crippen molar-refractivity contribution in [2.24, 2.45) is 5.73 Å². The van der Waals surface area contributed by atoms with Crippen LogP contribution in [-0.4, -0.2) is 17.1 Å². The van der Waals surface area contributed by atoms with Crippen LogP contribution >= 0.6 is 0 Å². The Labute approximate surface area is 84.7 Å². The van der Waals surface area contributed by atoms with Crippen molar-refractivity contribution in [2.45, 2.75) is 31.7 Å². The molecule has 0 aliphatic heterocycles. The van der Waals surface area contributed by atoms with Gasteiger partial charge in [-0.05, 0) is 37.8 Å². The second-order valence-electron chi connectivity index (χ2n) is 4.15. The summed E-state index contributed by atoms with van der Waals surface area (Å²) in [5.41, 5.74) is 8.31. The maximum absolute atomic E-state index is 5.79. The number of nitrogens with one attached hydrogen (secondary N) is 1. The molecule has 0 saturated heterocycles. The lowest BCUT2D eigenvalue weighted by Gasteiger charge is -2.42. The molecule has 14 heavy (non-hydrogen) atoms. The van der Waals surface area contributed by atoms with Crippen LogP contribution in [0.3, 0.4) is 0 Å². The van der Waals surface area contributed by atoms with Gasteiger partial charge in [-0.25, -0.2) is 0 Å². The highest BCUT2D eigenvalue weighted by Gasteiger charge is 2.35. The Kier molecular flexibility index (Phi) is 2.42. The largest absolute Gasteiger partial charge is 0.378 e. The summed E-state index contributed by atoms with van der Waals surface area (Å²) in [5, 5.41) is 3.54. The van der Waals surface area contributed by atoms with Gasteiger partial charge in [-0.2, -0.15) is 0 Å². The van der Waals surface area contributed by atoms with Crippen LogP contribution in [0.4, 0.5) is 5.69 Å². The minimum Gasteiger partial charge on any atom is -0.378 e. The summed E-state index contributed by atoms with van der Waals surface area (Å²) >= 11 is 0. The standard InChI is InChI=1S/C11H17N3/c1-9-7-13-6-3-10(9)14-11(8-12)4-2-5-11/h3,6-7H,2,4-5,8,12H2,1H3,(H,13,14). The van der Waals surface area contributed by atoms with E-state index in [9.17, 15) is 0 Å².